The molecule has 0 radical (unpaired) electrons. The number of nitrogens with zero attached hydrogens (tertiary/aromatic N) is 2. The van der Waals surface area contributed by atoms with Crippen LogP contribution in [0, 0.1) is 0 Å². The SMILES string of the molecule is O=C(Cn1cc(-c2ccccc2)ncc1=O)NCCC1=CCCCC1. The Balaban J connectivity index is 1.59. The Morgan fingerprint density at radius 1 is 1.20 bits per heavy atom. The molecular formula is C20H23N3O2. The van der Waals surface area contributed by atoms with Gasteiger partial charge in [0.15, 0.2) is 0 Å². The summed E-state index contributed by atoms with van der Waals surface area (Å²) in [7, 11) is 0. The second-order valence-corrected chi connectivity index (χ2v) is 6.31. The maximum absolute atomic E-state index is 12.1. The van der Waals surface area contributed by atoms with Crippen LogP contribution < -0.4 is 10.9 Å². The zero-order chi connectivity index (χ0) is 17.5. The van der Waals surface area contributed by atoms with Crippen molar-refractivity contribution in [3.8, 4) is 11.3 Å². The molecule has 1 amide bonds. The zero-order valence-corrected chi connectivity index (χ0v) is 14.3. The quantitative estimate of drug-likeness (QED) is 0.824. The van der Waals surface area contributed by atoms with Gasteiger partial charge in [-0.3, -0.25) is 9.59 Å². The Kier molecular flexibility index (Phi) is 5.77. The fraction of sp³-hybridized carbons (Fsp3) is 0.350. The lowest BCUT2D eigenvalue weighted by molar-refractivity contribution is -0.121. The molecule has 1 aliphatic carbocycles. The lowest BCUT2D eigenvalue weighted by atomic mass is 9.97. The summed E-state index contributed by atoms with van der Waals surface area (Å²) in [5.74, 6) is -0.149. The summed E-state index contributed by atoms with van der Waals surface area (Å²) in [5, 5.41) is 2.90. The molecule has 25 heavy (non-hydrogen) atoms. The fourth-order valence-electron chi connectivity index (χ4n) is 3.03. The highest BCUT2D eigenvalue weighted by molar-refractivity contribution is 5.75. The summed E-state index contributed by atoms with van der Waals surface area (Å²) >= 11 is 0. The van der Waals surface area contributed by atoms with Crippen molar-refractivity contribution in [2.75, 3.05) is 6.54 Å². The van der Waals surface area contributed by atoms with Gasteiger partial charge in [-0.05, 0) is 32.1 Å². The smallest absolute Gasteiger partial charge is 0.269 e. The Labute approximate surface area is 147 Å². The maximum atomic E-state index is 12.1. The summed E-state index contributed by atoms with van der Waals surface area (Å²) in [6.45, 7) is 0.635. The van der Waals surface area contributed by atoms with Crippen LogP contribution in [-0.4, -0.2) is 22.0 Å². The number of nitrogens with one attached hydrogen (secondary N) is 1. The largest absolute Gasteiger partial charge is 0.354 e. The molecule has 0 spiro atoms. The minimum absolute atomic E-state index is 0.0141. The molecular weight excluding hydrogens is 314 g/mol. The van der Waals surface area contributed by atoms with E-state index in [2.05, 4.69) is 16.4 Å². The third-order valence-electron chi connectivity index (χ3n) is 4.41. The first-order valence-electron chi connectivity index (χ1n) is 8.79. The predicted octanol–water partition coefficient (Wildman–Crippen LogP) is 2.92. The number of carbonyl (C=O) groups is 1. The van der Waals surface area contributed by atoms with E-state index in [4.69, 9.17) is 0 Å². The molecule has 0 aliphatic heterocycles. The monoisotopic (exact) mass is 337 g/mol. The van der Waals surface area contributed by atoms with Crippen molar-refractivity contribution in [1.29, 1.82) is 0 Å². The van der Waals surface area contributed by atoms with E-state index in [1.807, 2.05) is 30.3 Å². The number of carbonyl (C=O) groups excluding carboxylic acids is 1. The highest BCUT2D eigenvalue weighted by Gasteiger charge is 2.08. The highest BCUT2D eigenvalue weighted by Crippen LogP contribution is 2.19. The Hall–Kier alpha value is -2.69. The van der Waals surface area contributed by atoms with Gasteiger partial charge in [-0.25, -0.2) is 4.98 Å². The van der Waals surface area contributed by atoms with Crippen LogP contribution in [0.3, 0.4) is 0 Å². The van der Waals surface area contributed by atoms with Crippen molar-refractivity contribution in [3.63, 3.8) is 0 Å². The molecule has 1 heterocycles. The van der Waals surface area contributed by atoms with Crippen LogP contribution in [0.5, 0.6) is 0 Å². The molecule has 0 saturated heterocycles. The van der Waals surface area contributed by atoms with Crippen LogP contribution in [0.25, 0.3) is 11.3 Å². The molecule has 1 N–H and O–H groups in total. The van der Waals surface area contributed by atoms with E-state index >= 15 is 0 Å². The number of benzene rings is 1. The number of allylic oxidation sites excluding steroid dienone is 1. The molecule has 130 valence electrons. The molecule has 3 rings (SSSR count). The van der Waals surface area contributed by atoms with E-state index in [1.54, 1.807) is 6.20 Å². The summed E-state index contributed by atoms with van der Waals surface area (Å²) in [4.78, 5) is 28.3. The molecule has 0 fully saturated rings. The molecule has 0 saturated carbocycles. The molecule has 1 aromatic carbocycles. The van der Waals surface area contributed by atoms with E-state index in [0.29, 0.717) is 12.2 Å². The predicted molar refractivity (Wildman–Crippen MR) is 98.1 cm³/mol. The van der Waals surface area contributed by atoms with Gasteiger partial charge < -0.3 is 9.88 Å². The van der Waals surface area contributed by atoms with Gasteiger partial charge in [-0.2, -0.15) is 0 Å². The van der Waals surface area contributed by atoms with E-state index in [-0.39, 0.29) is 18.0 Å². The molecule has 5 heteroatoms. The number of amides is 1. The van der Waals surface area contributed by atoms with Crippen molar-refractivity contribution in [2.45, 2.75) is 38.6 Å². The second kappa shape index (κ2) is 8.42. The van der Waals surface area contributed by atoms with Crippen molar-refractivity contribution in [3.05, 3.63) is 64.7 Å². The number of rotatable bonds is 6. The van der Waals surface area contributed by atoms with Crippen LogP contribution in [0.1, 0.15) is 32.1 Å². The highest BCUT2D eigenvalue weighted by atomic mass is 16.2. The van der Waals surface area contributed by atoms with Crippen molar-refractivity contribution >= 4 is 5.91 Å². The van der Waals surface area contributed by atoms with Gasteiger partial charge in [-0.15, -0.1) is 0 Å². The number of aromatic nitrogens is 2. The van der Waals surface area contributed by atoms with Gasteiger partial charge >= 0.3 is 0 Å². The lowest BCUT2D eigenvalue weighted by Crippen LogP contribution is -2.32. The van der Waals surface area contributed by atoms with E-state index in [0.717, 1.165) is 24.8 Å². The lowest BCUT2D eigenvalue weighted by Gasteiger charge is -2.13. The van der Waals surface area contributed by atoms with Crippen LogP contribution in [0.2, 0.25) is 0 Å². The second-order valence-electron chi connectivity index (χ2n) is 6.31. The molecule has 0 atom stereocenters. The minimum Gasteiger partial charge on any atom is -0.354 e. The van der Waals surface area contributed by atoms with E-state index in [9.17, 15) is 9.59 Å². The van der Waals surface area contributed by atoms with Crippen LogP contribution >= 0.6 is 0 Å². The molecule has 1 aromatic heterocycles. The first-order chi connectivity index (χ1) is 12.2. The van der Waals surface area contributed by atoms with Gasteiger partial charge in [0, 0.05) is 18.3 Å². The zero-order valence-electron chi connectivity index (χ0n) is 14.3. The maximum Gasteiger partial charge on any atom is 0.269 e. The summed E-state index contributed by atoms with van der Waals surface area (Å²) in [6, 6.07) is 9.61. The average Bonchev–Trinajstić information content (AvgIpc) is 2.65. The van der Waals surface area contributed by atoms with Crippen LogP contribution in [0.4, 0.5) is 0 Å². The molecule has 1 aliphatic rings. The molecule has 5 nitrogen and oxygen atoms in total. The van der Waals surface area contributed by atoms with Gasteiger partial charge in [0.2, 0.25) is 5.91 Å². The standard InChI is InChI=1S/C20H23N3O2/c24-19(21-12-11-16-7-3-1-4-8-16)15-23-14-18(22-13-20(23)25)17-9-5-2-6-10-17/h2,5-7,9-10,13-14H,1,3-4,8,11-12,15H2,(H,21,24). The van der Waals surface area contributed by atoms with Crippen LogP contribution in [0.15, 0.2) is 59.2 Å². The Morgan fingerprint density at radius 2 is 2.04 bits per heavy atom. The molecule has 2 aromatic rings. The number of hydrogen-bond donors (Lipinski definition) is 1. The first kappa shape index (κ1) is 17.1. The Morgan fingerprint density at radius 3 is 2.80 bits per heavy atom. The van der Waals surface area contributed by atoms with Gasteiger partial charge in [-0.1, -0.05) is 42.0 Å². The fourth-order valence-corrected chi connectivity index (χ4v) is 3.03. The normalized spacial score (nSPS) is 14.0. The minimum atomic E-state index is -0.273. The van der Waals surface area contributed by atoms with Crippen LogP contribution in [-0.2, 0) is 11.3 Å². The van der Waals surface area contributed by atoms with Crippen molar-refractivity contribution in [2.24, 2.45) is 0 Å². The van der Waals surface area contributed by atoms with Gasteiger partial charge in [0.05, 0.1) is 11.9 Å². The number of hydrogen-bond acceptors (Lipinski definition) is 3. The molecule has 0 bridgehead atoms. The first-order valence-corrected chi connectivity index (χ1v) is 8.79. The van der Waals surface area contributed by atoms with E-state index < -0.39 is 0 Å². The Bertz CT molecular complexity index is 809. The van der Waals surface area contributed by atoms with Gasteiger partial charge in [0.1, 0.15) is 6.54 Å². The summed E-state index contributed by atoms with van der Waals surface area (Å²) < 4.78 is 1.41. The van der Waals surface area contributed by atoms with Gasteiger partial charge in [0.25, 0.3) is 5.56 Å². The molecule has 0 unspecified atom stereocenters. The topological polar surface area (TPSA) is 64.0 Å². The average molecular weight is 337 g/mol. The van der Waals surface area contributed by atoms with Crippen molar-refractivity contribution < 1.29 is 4.79 Å². The summed E-state index contributed by atoms with van der Waals surface area (Å²) in [5.41, 5.74) is 2.75. The summed E-state index contributed by atoms with van der Waals surface area (Å²) in [6.07, 6.45) is 10.9. The third-order valence-corrected chi connectivity index (χ3v) is 4.41. The van der Waals surface area contributed by atoms with Crippen molar-refractivity contribution in [1.82, 2.24) is 14.9 Å². The third kappa shape index (κ3) is 4.89. The van der Waals surface area contributed by atoms with E-state index in [1.165, 1.54) is 29.2 Å².